The average Bonchev–Trinajstić information content (AvgIpc) is 3.04. The summed E-state index contributed by atoms with van der Waals surface area (Å²) in [6.45, 7) is 2.55. The number of rotatable bonds is 5. The van der Waals surface area contributed by atoms with Crippen LogP contribution in [0.1, 0.15) is 24.5 Å². The molecule has 5 heteroatoms. The van der Waals surface area contributed by atoms with E-state index in [-0.39, 0.29) is 11.2 Å². The summed E-state index contributed by atoms with van der Waals surface area (Å²) in [5.41, 5.74) is 2.09. The highest BCUT2D eigenvalue weighted by Gasteiger charge is 2.36. The van der Waals surface area contributed by atoms with E-state index >= 15 is 0 Å². The highest BCUT2D eigenvalue weighted by Crippen LogP contribution is 2.30. The van der Waals surface area contributed by atoms with Crippen LogP contribution in [0.4, 0.5) is 0 Å². The number of benzene rings is 3. The zero-order chi connectivity index (χ0) is 19.3. The molecule has 3 aromatic rings. The molecule has 0 N–H and O–H groups in total. The number of carbonyl (C=O) groups is 1. The Hall–Kier alpha value is -2.92. The van der Waals surface area contributed by atoms with Crippen molar-refractivity contribution >= 4 is 39.8 Å². The monoisotopic (exact) mass is 387 g/mol. The van der Waals surface area contributed by atoms with Crippen LogP contribution < -0.4 is 0 Å². The van der Waals surface area contributed by atoms with Gasteiger partial charge in [0, 0.05) is 5.56 Å². The lowest BCUT2D eigenvalue weighted by atomic mass is 10.1. The van der Waals surface area contributed by atoms with Gasteiger partial charge in [0.15, 0.2) is 5.17 Å². The largest absolute Gasteiger partial charge is 0.284 e. The first-order valence-corrected chi connectivity index (χ1v) is 10.2. The van der Waals surface area contributed by atoms with Crippen molar-refractivity contribution in [1.82, 2.24) is 4.90 Å². The van der Waals surface area contributed by atoms with E-state index in [0.29, 0.717) is 11.7 Å². The zero-order valence-corrected chi connectivity index (χ0v) is 16.5. The van der Waals surface area contributed by atoms with E-state index in [0.717, 1.165) is 22.9 Å². The predicted octanol–water partition coefficient (Wildman–Crippen LogP) is 5.08. The lowest BCUT2D eigenvalue weighted by Crippen LogP contribution is -2.31. The van der Waals surface area contributed by atoms with E-state index in [4.69, 9.17) is 0 Å². The van der Waals surface area contributed by atoms with E-state index in [1.807, 2.05) is 61.5 Å². The third-order valence-corrected chi connectivity index (χ3v) is 6.07. The van der Waals surface area contributed by atoms with Gasteiger partial charge in [0.1, 0.15) is 0 Å². The topological polar surface area (TPSA) is 45.0 Å². The van der Waals surface area contributed by atoms with Crippen molar-refractivity contribution < 1.29 is 4.79 Å². The average molecular weight is 388 g/mol. The summed E-state index contributed by atoms with van der Waals surface area (Å²) in [7, 11) is 0. The molecule has 1 saturated heterocycles. The van der Waals surface area contributed by atoms with Crippen LogP contribution in [-0.2, 0) is 11.3 Å². The summed E-state index contributed by atoms with van der Waals surface area (Å²) < 4.78 is 0. The maximum atomic E-state index is 12.7. The first-order chi connectivity index (χ1) is 13.8. The lowest BCUT2D eigenvalue weighted by Gasteiger charge is -2.15. The number of hydrogen-bond acceptors (Lipinski definition) is 4. The normalized spacial score (nSPS) is 18.6. The molecule has 1 fully saturated rings. The van der Waals surface area contributed by atoms with Crippen molar-refractivity contribution in [2.75, 3.05) is 0 Å². The molecule has 1 amide bonds. The fraction of sp³-hybridized carbons (Fsp3) is 0.174. The third-order valence-electron chi connectivity index (χ3n) is 4.74. The quantitative estimate of drug-likeness (QED) is 0.452. The number of nitrogens with zero attached hydrogens (tertiary/aromatic N) is 3. The van der Waals surface area contributed by atoms with Gasteiger partial charge in [-0.3, -0.25) is 9.69 Å². The first kappa shape index (κ1) is 18.4. The maximum Gasteiger partial charge on any atom is 0.242 e. The van der Waals surface area contributed by atoms with Crippen LogP contribution in [0, 0.1) is 0 Å². The minimum Gasteiger partial charge on any atom is -0.284 e. The molecule has 1 atom stereocenters. The lowest BCUT2D eigenvalue weighted by molar-refractivity contribution is -0.126. The van der Waals surface area contributed by atoms with Crippen molar-refractivity contribution in [3.63, 3.8) is 0 Å². The van der Waals surface area contributed by atoms with Gasteiger partial charge in [-0.25, -0.2) is 0 Å². The Balaban J connectivity index is 1.60. The van der Waals surface area contributed by atoms with Crippen LogP contribution >= 0.6 is 11.8 Å². The van der Waals surface area contributed by atoms with Gasteiger partial charge >= 0.3 is 0 Å². The van der Waals surface area contributed by atoms with Crippen molar-refractivity contribution in [1.29, 1.82) is 0 Å². The Morgan fingerprint density at radius 2 is 1.75 bits per heavy atom. The molecule has 4 nitrogen and oxygen atoms in total. The molecular formula is C23H21N3OS. The van der Waals surface area contributed by atoms with Crippen LogP contribution in [0.5, 0.6) is 0 Å². The molecule has 1 aliphatic heterocycles. The molecule has 0 saturated carbocycles. The number of carbonyl (C=O) groups excluding carboxylic acids is 1. The highest BCUT2D eigenvalue weighted by molar-refractivity contribution is 8.15. The van der Waals surface area contributed by atoms with Gasteiger partial charge in [-0.1, -0.05) is 91.5 Å². The molecular weight excluding hydrogens is 366 g/mol. The van der Waals surface area contributed by atoms with Crippen LogP contribution in [0.25, 0.3) is 10.8 Å². The summed E-state index contributed by atoms with van der Waals surface area (Å²) in [6, 6.07) is 24.3. The minimum atomic E-state index is -0.0878. The fourth-order valence-electron chi connectivity index (χ4n) is 3.26. The van der Waals surface area contributed by atoms with Gasteiger partial charge in [0.25, 0.3) is 0 Å². The van der Waals surface area contributed by atoms with E-state index in [9.17, 15) is 4.79 Å². The summed E-state index contributed by atoms with van der Waals surface area (Å²) >= 11 is 1.50. The zero-order valence-electron chi connectivity index (χ0n) is 15.7. The van der Waals surface area contributed by atoms with Crippen molar-refractivity contribution in [3.05, 3.63) is 83.9 Å². The molecule has 140 valence electrons. The summed E-state index contributed by atoms with van der Waals surface area (Å²) in [5, 5.41) is 11.6. The fourth-order valence-corrected chi connectivity index (χ4v) is 4.29. The van der Waals surface area contributed by atoms with Crippen LogP contribution in [0.2, 0.25) is 0 Å². The Morgan fingerprint density at radius 3 is 2.57 bits per heavy atom. The minimum absolute atomic E-state index is 0.0878. The van der Waals surface area contributed by atoms with Gasteiger partial charge in [-0.05, 0) is 22.8 Å². The Morgan fingerprint density at radius 1 is 1.00 bits per heavy atom. The van der Waals surface area contributed by atoms with Gasteiger partial charge in [-0.2, -0.15) is 5.10 Å². The Bertz CT molecular complexity index is 1040. The maximum absolute atomic E-state index is 12.7. The van der Waals surface area contributed by atoms with E-state index < -0.39 is 0 Å². The molecule has 4 rings (SSSR count). The van der Waals surface area contributed by atoms with Crippen LogP contribution in [-0.4, -0.2) is 27.4 Å². The molecule has 0 aromatic heterocycles. The van der Waals surface area contributed by atoms with Gasteiger partial charge in [0.05, 0.1) is 18.0 Å². The van der Waals surface area contributed by atoms with Gasteiger partial charge in [-0.15, -0.1) is 5.10 Å². The molecule has 0 spiro atoms. The molecule has 0 aliphatic carbocycles. The predicted molar refractivity (Wildman–Crippen MR) is 118 cm³/mol. The van der Waals surface area contributed by atoms with E-state index in [2.05, 4.69) is 28.4 Å². The van der Waals surface area contributed by atoms with Crippen LogP contribution in [0.3, 0.4) is 0 Å². The summed E-state index contributed by atoms with van der Waals surface area (Å²) in [6.07, 6.45) is 2.54. The molecule has 1 heterocycles. The number of thioether (sulfide) groups is 1. The van der Waals surface area contributed by atoms with E-state index in [1.54, 1.807) is 11.1 Å². The number of fused-ring (bicyclic) bond motifs is 1. The van der Waals surface area contributed by atoms with Gasteiger partial charge < -0.3 is 0 Å². The Kier molecular flexibility index (Phi) is 5.53. The Labute approximate surface area is 169 Å². The molecule has 3 aromatic carbocycles. The second-order valence-corrected chi connectivity index (χ2v) is 7.79. The molecule has 0 unspecified atom stereocenters. The smallest absolute Gasteiger partial charge is 0.242 e. The number of hydrogen-bond donors (Lipinski definition) is 0. The first-order valence-electron chi connectivity index (χ1n) is 9.37. The molecule has 0 radical (unpaired) electrons. The third kappa shape index (κ3) is 3.85. The van der Waals surface area contributed by atoms with Crippen molar-refractivity contribution in [3.8, 4) is 0 Å². The SMILES string of the molecule is CC[C@H]1S/C(=N\N=C/c2cccc3ccccc23)N(Cc2ccccc2)C1=O. The van der Waals surface area contributed by atoms with Crippen molar-refractivity contribution in [2.24, 2.45) is 10.2 Å². The summed E-state index contributed by atoms with van der Waals surface area (Å²) in [4.78, 5) is 14.5. The second kappa shape index (κ2) is 8.40. The van der Waals surface area contributed by atoms with Gasteiger partial charge in [0.2, 0.25) is 5.91 Å². The standard InChI is InChI=1S/C23H21N3OS/c1-2-21-22(27)26(16-17-9-4-3-5-10-17)23(28-21)25-24-15-19-13-8-12-18-11-6-7-14-20(18)19/h3-15,21H,2,16H2,1H3/b24-15-,25-23-/t21-/m1/s1. The second-order valence-electron chi connectivity index (χ2n) is 6.62. The summed E-state index contributed by atoms with van der Waals surface area (Å²) in [5.74, 6) is 0.107. The molecule has 0 bridgehead atoms. The molecule has 28 heavy (non-hydrogen) atoms. The van der Waals surface area contributed by atoms with E-state index in [1.165, 1.54) is 17.1 Å². The molecule has 1 aliphatic rings. The van der Waals surface area contributed by atoms with Crippen LogP contribution in [0.15, 0.2) is 83.0 Å². The number of amidine groups is 1. The number of amides is 1. The van der Waals surface area contributed by atoms with Crippen molar-refractivity contribution in [2.45, 2.75) is 25.1 Å². The highest BCUT2D eigenvalue weighted by atomic mass is 32.2.